The molecule has 0 aromatic carbocycles. The van der Waals surface area contributed by atoms with Crippen molar-refractivity contribution < 1.29 is 14.4 Å². The van der Waals surface area contributed by atoms with E-state index in [1.807, 2.05) is 20.8 Å². The van der Waals surface area contributed by atoms with Crippen LogP contribution in [0.15, 0.2) is 18.3 Å². The molecule has 1 heterocycles. The summed E-state index contributed by atoms with van der Waals surface area (Å²) in [5.74, 6) is -0.386. The van der Waals surface area contributed by atoms with Gasteiger partial charge in [-0.25, -0.2) is 4.79 Å². The predicted octanol–water partition coefficient (Wildman–Crippen LogP) is 1.69. The number of ether oxygens (including phenoxy) is 1. The topological polar surface area (TPSA) is 60.5 Å². The Morgan fingerprint density at radius 1 is 1.41 bits per heavy atom. The molecule has 0 aliphatic rings. The summed E-state index contributed by atoms with van der Waals surface area (Å²) in [7, 11) is 1.34. The van der Waals surface area contributed by atoms with Gasteiger partial charge < -0.3 is 4.74 Å². The third-order valence-electron chi connectivity index (χ3n) is 1.88. The number of carbonyl (C=O) groups is 1. The van der Waals surface area contributed by atoms with Gasteiger partial charge in [-0.1, -0.05) is 0 Å². The fourth-order valence-corrected chi connectivity index (χ4v) is 1.09. The summed E-state index contributed by atoms with van der Waals surface area (Å²) >= 11 is 0. The highest BCUT2D eigenvalue weighted by Crippen LogP contribution is 2.05. The lowest BCUT2D eigenvalue weighted by Crippen LogP contribution is -2.29. The van der Waals surface area contributed by atoms with Gasteiger partial charge in [-0.3, -0.25) is 9.82 Å². The minimum Gasteiger partial charge on any atom is -0.465 e. The van der Waals surface area contributed by atoms with Gasteiger partial charge in [-0.15, -0.1) is 0 Å². The highest BCUT2D eigenvalue weighted by molar-refractivity contribution is 5.88. The number of pyridine rings is 1. The van der Waals surface area contributed by atoms with Crippen LogP contribution in [0, 0.1) is 0 Å². The molecule has 94 valence electrons. The van der Waals surface area contributed by atoms with Crippen LogP contribution in [0.4, 0.5) is 0 Å². The molecule has 0 atom stereocenters. The van der Waals surface area contributed by atoms with Crippen LogP contribution in [0.5, 0.6) is 0 Å². The lowest BCUT2D eigenvalue weighted by atomic mass is 10.2. The van der Waals surface area contributed by atoms with Crippen LogP contribution in [0.1, 0.15) is 36.8 Å². The molecule has 5 nitrogen and oxygen atoms in total. The van der Waals surface area contributed by atoms with Crippen LogP contribution in [-0.2, 0) is 16.1 Å². The second-order valence-electron chi connectivity index (χ2n) is 4.57. The fourth-order valence-electron chi connectivity index (χ4n) is 1.09. The van der Waals surface area contributed by atoms with Crippen LogP contribution in [0.3, 0.4) is 0 Å². The molecule has 1 N–H and O–H groups in total. The maximum Gasteiger partial charge on any atom is 0.339 e. The van der Waals surface area contributed by atoms with Crippen molar-refractivity contribution in [3.8, 4) is 0 Å². The van der Waals surface area contributed by atoms with Crippen molar-refractivity contribution in [3.63, 3.8) is 0 Å². The standard InChI is InChI=1S/C12H18N2O3/c1-12(2,3)17-14-8-10-6-5-9(7-13-10)11(15)16-4/h5-7,14H,8H2,1-4H3. The summed E-state index contributed by atoms with van der Waals surface area (Å²) in [6, 6.07) is 3.43. The minimum absolute atomic E-state index is 0.244. The maximum absolute atomic E-state index is 11.2. The van der Waals surface area contributed by atoms with E-state index in [4.69, 9.17) is 4.84 Å². The number of nitrogens with one attached hydrogen (secondary N) is 1. The first-order valence-corrected chi connectivity index (χ1v) is 5.36. The van der Waals surface area contributed by atoms with Crippen LogP contribution < -0.4 is 5.48 Å². The van der Waals surface area contributed by atoms with E-state index in [0.29, 0.717) is 12.1 Å². The highest BCUT2D eigenvalue weighted by atomic mass is 16.7. The predicted molar refractivity (Wildman–Crippen MR) is 63.3 cm³/mol. The zero-order chi connectivity index (χ0) is 12.9. The number of hydrogen-bond donors (Lipinski definition) is 1. The van der Waals surface area contributed by atoms with Crippen molar-refractivity contribution in [2.24, 2.45) is 0 Å². The summed E-state index contributed by atoms with van der Waals surface area (Å²) in [6.07, 6.45) is 1.49. The monoisotopic (exact) mass is 238 g/mol. The zero-order valence-corrected chi connectivity index (χ0v) is 10.6. The van der Waals surface area contributed by atoms with E-state index in [2.05, 4.69) is 15.2 Å². The number of carbonyl (C=O) groups excluding carboxylic acids is 1. The number of methoxy groups -OCH3 is 1. The Hall–Kier alpha value is -1.46. The number of esters is 1. The van der Waals surface area contributed by atoms with Gasteiger partial charge in [0.05, 0.1) is 30.5 Å². The average Bonchev–Trinajstić information content (AvgIpc) is 2.27. The highest BCUT2D eigenvalue weighted by Gasteiger charge is 2.10. The molecule has 17 heavy (non-hydrogen) atoms. The van der Waals surface area contributed by atoms with E-state index in [1.54, 1.807) is 12.1 Å². The molecule has 0 saturated heterocycles. The van der Waals surface area contributed by atoms with Crippen LogP contribution >= 0.6 is 0 Å². The van der Waals surface area contributed by atoms with E-state index in [0.717, 1.165) is 5.69 Å². The molecule has 1 aromatic rings. The molecule has 0 unspecified atom stereocenters. The first kappa shape index (κ1) is 13.6. The second kappa shape index (κ2) is 5.75. The summed E-state index contributed by atoms with van der Waals surface area (Å²) in [4.78, 5) is 20.6. The van der Waals surface area contributed by atoms with Gasteiger partial charge in [-0.05, 0) is 32.9 Å². The molecule has 1 aromatic heterocycles. The van der Waals surface area contributed by atoms with Gasteiger partial charge in [0.25, 0.3) is 0 Å². The van der Waals surface area contributed by atoms with Crippen LogP contribution in [-0.4, -0.2) is 23.7 Å². The molecule has 0 amide bonds. The number of rotatable bonds is 4. The lowest BCUT2D eigenvalue weighted by Gasteiger charge is -2.19. The SMILES string of the molecule is COC(=O)c1ccc(CNOC(C)(C)C)nc1. The summed E-state index contributed by atoms with van der Waals surface area (Å²) in [5.41, 5.74) is 3.81. The van der Waals surface area contributed by atoms with E-state index in [-0.39, 0.29) is 11.6 Å². The van der Waals surface area contributed by atoms with E-state index in [1.165, 1.54) is 13.3 Å². The molecule has 5 heteroatoms. The molecule has 1 rings (SSSR count). The summed E-state index contributed by atoms with van der Waals surface area (Å²) in [5, 5.41) is 0. The quantitative estimate of drug-likeness (QED) is 0.639. The number of aromatic nitrogens is 1. The summed E-state index contributed by atoms with van der Waals surface area (Å²) in [6.45, 7) is 6.34. The van der Waals surface area contributed by atoms with Crippen molar-refractivity contribution >= 4 is 5.97 Å². The number of hydrogen-bond acceptors (Lipinski definition) is 5. The molecular weight excluding hydrogens is 220 g/mol. The Labute approximate surface area is 101 Å². The van der Waals surface area contributed by atoms with Gasteiger partial charge >= 0.3 is 5.97 Å². The number of hydroxylamine groups is 1. The van der Waals surface area contributed by atoms with Crippen molar-refractivity contribution in [3.05, 3.63) is 29.6 Å². The Morgan fingerprint density at radius 2 is 2.12 bits per heavy atom. The van der Waals surface area contributed by atoms with Crippen molar-refractivity contribution in [2.45, 2.75) is 32.9 Å². The molecule has 0 aliphatic heterocycles. The average molecular weight is 238 g/mol. The van der Waals surface area contributed by atoms with Gasteiger partial charge in [0.2, 0.25) is 0 Å². The second-order valence-corrected chi connectivity index (χ2v) is 4.57. The van der Waals surface area contributed by atoms with Crippen LogP contribution in [0.2, 0.25) is 0 Å². The number of nitrogens with zero attached hydrogens (tertiary/aromatic N) is 1. The molecular formula is C12H18N2O3. The first-order valence-electron chi connectivity index (χ1n) is 5.36. The zero-order valence-electron chi connectivity index (χ0n) is 10.6. The Bertz CT molecular complexity index is 368. The minimum atomic E-state index is -0.386. The lowest BCUT2D eigenvalue weighted by molar-refractivity contribution is -0.0761. The van der Waals surface area contributed by atoms with Crippen molar-refractivity contribution in [1.29, 1.82) is 0 Å². The Balaban J connectivity index is 2.49. The van der Waals surface area contributed by atoms with Gasteiger partial charge in [0.1, 0.15) is 0 Å². The van der Waals surface area contributed by atoms with Crippen molar-refractivity contribution in [2.75, 3.05) is 7.11 Å². The molecule has 0 bridgehead atoms. The van der Waals surface area contributed by atoms with Crippen LogP contribution in [0.25, 0.3) is 0 Å². The van der Waals surface area contributed by atoms with Crippen molar-refractivity contribution in [1.82, 2.24) is 10.5 Å². The Morgan fingerprint density at radius 3 is 2.59 bits per heavy atom. The fraction of sp³-hybridized carbons (Fsp3) is 0.500. The van der Waals surface area contributed by atoms with E-state index >= 15 is 0 Å². The third kappa shape index (κ3) is 4.93. The van der Waals surface area contributed by atoms with Gasteiger partial charge in [0.15, 0.2) is 0 Å². The Kier molecular flexibility index (Phi) is 4.60. The normalized spacial score (nSPS) is 11.3. The van der Waals surface area contributed by atoms with Gasteiger partial charge in [0, 0.05) is 6.20 Å². The molecule has 0 saturated carbocycles. The molecule has 0 fully saturated rings. The van der Waals surface area contributed by atoms with E-state index in [9.17, 15) is 4.79 Å². The largest absolute Gasteiger partial charge is 0.465 e. The van der Waals surface area contributed by atoms with Gasteiger partial charge in [-0.2, -0.15) is 5.48 Å². The first-order chi connectivity index (χ1) is 7.92. The molecule has 0 spiro atoms. The maximum atomic E-state index is 11.2. The molecule has 0 aliphatic carbocycles. The summed E-state index contributed by atoms with van der Waals surface area (Å²) < 4.78 is 4.58. The smallest absolute Gasteiger partial charge is 0.339 e. The van der Waals surface area contributed by atoms with E-state index < -0.39 is 0 Å². The molecule has 0 radical (unpaired) electrons. The third-order valence-corrected chi connectivity index (χ3v) is 1.88.